The van der Waals surface area contributed by atoms with E-state index in [1.165, 1.54) is 5.56 Å². The third kappa shape index (κ3) is 5.72. The van der Waals surface area contributed by atoms with Crippen LogP contribution in [-0.4, -0.2) is 113 Å². The minimum atomic E-state index is -0.460. The van der Waals surface area contributed by atoms with Crippen molar-refractivity contribution < 1.29 is 23.5 Å². The van der Waals surface area contributed by atoms with Crippen LogP contribution in [0.1, 0.15) is 43.1 Å². The summed E-state index contributed by atoms with van der Waals surface area (Å²) in [6, 6.07) is 13.1. The van der Waals surface area contributed by atoms with E-state index in [2.05, 4.69) is 25.8 Å². The summed E-state index contributed by atoms with van der Waals surface area (Å²) in [7, 11) is 3.20. The third-order valence-electron chi connectivity index (χ3n) is 12.2. The standard InChI is InChI=1S/C41H43ClFN7O4/c1-24(51)48-18-40(19-48)16-47(17-40)15-33-38(53-3)46-32(14-44-33)30-10-6-8-28(37(30)43)27-7-5-9-29(36(27)42)31-13-26-11-12-34(35(26)39(45-31)54-4)50-22-41(23-50)20-49(21-41)25(2)52/h5-10,13-14,34H,11-12,15-23H2,1-4H3. The molecule has 1 aliphatic carbocycles. The predicted molar refractivity (Wildman–Crippen MR) is 201 cm³/mol. The molecule has 4 aliphatic heterocycles. The Balaban J connectivity index is 0.943. The number of carbonyl (C=O) groups excluding carboxylic acids is 2. The number of nitrogens with zero attached hydrogens (tertiary/aromatic N) is 7. The first kappa shape index (κ1) is 35.1. The number of pyridine rings is 1. The highest BCUT2D eigenvalue weighted by atomic mass is 35.5. The molecule has 0 N–H and O–H groups in total. The van der Waals surface area contributed by atoms with Crippen molar-refractivity contribution in [2.45, 2.75) is 39.3 Å². The second-order valence-electron chi connectivity index (χ2n) is 16.0. The van der Waals surface area contributed by atoms with Crippen LogP contribution in [0.25, 0.3) is 33.6 Å². The first-order valence-corrected chi connectivity index (χ1v) is 18.9. The maximum Gasteiger partial charge on any atom is 0.237 e. The number of likely N-dealkylation sites (tertiary alicyclic amines) is 4. The normalized spacial score (nSPS) is 20.9. The lowest BCUT2D eigenvalue weighted by Gasteiger charge is -2.61. The number of ether oxygens (including phenoxy) is 2. The highest BCUT2D eigenvalue weighted by molar-refractivity contribution is 6.36. The average molecular weight is 752 g/mol. The molecule has 4 aromatic rings. The van der Waals surface area contributed by atoms with Crippen LogP contribution in [0, 0.1) is 16.6 Å². The molecule has 2 spiro atoms. The monoisotopic (exact) mass is 751 g/mol. The van der Waals surface area contributed by atoms with Crippen molar-refractivity contribution in [2.24, 2.45) is 10.8 Å². The number of aryl methyl sites for hydroxylation is 1. The van der Waals surface area contributed by atoms with Crippen molar-refractivity contribution in [2.75, 3.05) is 66.6 Å². The zero-order valence-electron chi connectivity index (χ0n) is 31.0. The highest BCUT2D eigenvalue weighted by Crippen LogP contribution is 2.50. The predicted octanol–water partition coefficient (Wildman–Crippen LogP) is 5.50. The van der Waals surface area contributed by atoms with Crippen LogP contribution in [0.4, 0.5) is 4.39 Å². The molecule has 54 heavy (non-hydrogen) atoms. The quantitative estimate of drug-likeness (QED) is 0.231. The van der Waals surface area contributed by atoms with Crippen molar-refractivity contribution in [3.8, 4) is 45.4 Å². The number of aromatic nitrogens is 3. The van der Waals surface area contributed by atoms with E-state index in [0.29, 0.717) is 62.7 Å². The molecule has 4 saturated heterocycles. The fraction of sp³-hybridized carbons (Fsp3) is 0.439. The van der Waals surface area contributed by atoms with Gasteiger partial charge in [-0.15, -0.1) is 0 Å². The Morgan fingerprint density at radius 1 is 0.815 bits per heavy atom. The molecule has 2 aromatic heterocycles. The van der Waals surface area contributed by atoms with E-state index < -0.39 is 5.82 Å². The summed E-state index contributed by atoms with van der Waals surface area (Å²) in [5.41, 5.74) is 6.30. The van der Waals surface area contributed by atoms with E-state index in [4.69, 9.17) is 26.1 Å². The van der Waals surface area contributed by atoms with Crippen LogP contribution < -0.4 is 9.47 Å². The smallest absolute Gasteiger partial charge is 0.237 e. The minimum Gasteiger partial charge on any atom is -0.481 e. The Labute approximate surface area is 319 Å². The first-order valence-electron chi connectivity index (χ1n) is 18.5. The molecule has 280 valence electrons. The molecule has 0 bridgehead atoms. The zero-order valence-corrected chi connectivity index (χ0v) is 31.7. The van der Waals surface area contributed by atoms with Crippen molar-refractivity contribution in [1.82, 2.24) is 34.6 Å². The molecular weight excluding hydrogens is 709 g/mol. The van der Waals surface area contributed by atoms with E-state index in [0.717, 1.165) is 70.8 Å². The molecule has 2 amide bonds. The lowest BCUT2D eigenvalue weighted by atomic mass is 9.72. The van der Waals surface area contributed by atoms with Gasteiger partial charge in [0.1, 0.15) is 11.5 Å². The Kier molecular flexibility index (Phi) is 8.44. The van der Waals surface area contributed by atoms with Gasteiger partial charge in [-0.2, -0.15) is 0 Å². The first-order chi connectivity index (χ1) is 26.0. The van der Waals surface area contributed by atoms with Crippen molar-refractivity contribution in [1.29, 1.82) is 0 Å². The molecule has 1 atom stereocenters. The maximum absolute atomic E-state index is 16.5. The second kappa shape index (κ2) is 13.0. The van der Waals surface area contributed by atoms with Gasteiger partial charge in [0.05, 0.1) is 36.8 Å². The van der Waals surface area contributed by atoms with Gasteiger partial charge < -0.3 is 19.3 Å². The summed E-state index contributed by atoms with van der Waals surface area (Å²) in [6.45, 7) is 10.8. The Morgan fingerprint density at radius 2 is 1.41 bits per heavy atom. The largest absolute Gasteiger partial charge is 0.481 e. The summed E-state index contributed by atoms with van der Waals surface area (Å²) >= 11 is 7.13. The molecule has 0 radical (unpaired) electrons. The highest BCUT2D eigenvalue weighted by Gasteiger charge is 2.55. The van der Waals surface area contributed by atoms with Gasteiger partial charge >= 0.3 is 0 Å². The summed E-state index contributed by atoms with van der Waals surface area (Å²) < 4.78 is 28.1. The number of rotatable bonds is 8. The van der Waals surface area contributed by atoms with Crippen molar-refractivity contribution >= 4 is 23.4 Å². The minimum absolute atomic E-state index is 0.119. The van der Waals surface area contributed by atoms with Crippen LogP contribution in [0.3, 0.4) is 0 Å². The lowest BCUT2D eigenvalue weighted by Crippen LogP contribution is -2.72. The number of benzene rings is 2. The molecule has 4 fully saturated rings. The van der Waals surface area contributed by atoms with Gasteiger partial charge in [-0.1, -0.05) is 41.9 Å². The topological polar surface area (TPSA) is 104 Å². The van der Waals surface area contributed by atoms with Crippen LogP contribution in [0.15, 0.2) is 48.7 Å². The number of halogens is 2. The maximum atomic E-state index is 16.5. The van der Waals surface area contributed by atoms with Crippen LogP contribution in [-0.2, 0) is 22.6 Å². The van der Waals surface area contributed by atoms with Gasteiger partial charge in [0.15, 0.2) is 0 Å². The zero-order chi connectivity index (χ0) is 37.5. The van der Waals surface area contributed by atoms with Gasteiger partial charge in [0, 0.05) is 117 Å². The van der Waals surface area contributed by atoms with E-state index >= 15 is 4.39 Å². The van der Waals surface area contributed by atoms with Crippen molar-refractivity contribution in [3.63, 3.8) is 0 Å². The molecule has 11 nitrogen and oxygen atoms in total. The molecule has 0 saturated carbocycles. The fourth-order valence-corrected chi connectivity index (χ4v) is 9.87. The summed E-state index contributed by atoms with van der Waals surface area (Å²) in [6.07, 6.45) is 3.46. The van der Waals surface area contributed by atoms with E-state index in [9.17, 15) is 9.59 Å². The van der Waals surface area contributed by atoms with E-state index in [1.54, 1.807) is 52.5 Å². The molecule has 9 rings (SSSR count). The van der Waals surface area contributed by atoms with Gasteiger partial charge in [-0.3, -0.25) is 24.4 Å². The Hall–Kier alpha value is -4.65. The Bertz CT molecular complexity index is 2190. The number of hydrogen-bond donors (Lipinski definition) is 0. The van der Waals surface area contributed by atoms with Crippen LogP contribution in [0.5, 0.6) is 11.8 Å². The van der Waals surface area contributed by atoms with Gasteiger partial charge in [0.25, 0.3) is 0 Å². The summed E-state index contributed by atoms with van der Waals surface area (Å²) in [5, 5.41) is 0.395. The lowest BCUT2D eigenvalue weighted by molar-refractivity contribution is -0.161. The number of methoxy groups -OCH3 is 2. The second-order valence-corrected chi connectivity index (χ2v) is 16.4. The van der Waals surface area contributed by atoms with E-state index in [1.807, 2.05) is 28.0 Å². The van der Waals surface area contributed by atoms with Gasteiger partial charge in [-0.05, 0) is 30.5 Å². The molecule has 2 aromatic carbocycles. The number of amides is 2. The molecule has 1 unspecified atom stereocenters. The molecule has 13 heteroatoms. The molecular formula is C41H43ClFN7O4. The van der Waals surface area contributed by atoms with Gasteiger partial charge in [0.2, 0.25) is 23.6 Å². The SMILES string of the molecule is COc1nc(-c2cccc(-c3cccc(-c4cc5c(c(OC)n4)C(N4CC6(CN(C(C)=O)C6)C4)CC5)c3Cl)c2F)cnc1CN1CC2(C1)CN(C(C)=O)C2. The summed E-state index contributed by atoms with van der Waals surface area (Å²) in [5.74, 6) is 0.749. The number of hydrogen-bond acceptors (Lipinski definition) is 9. The van der Waals surface area contributed by atoms with E-state index in [-0.39, 0.29) is 28.7 Å². The molecule has 6 heterocycles. The molecule has 5 aliphatic rings. The fourth-order valence-electron chi connectivity index (χ4n) is 9.55. The number of fused-ring (bicyclic) bond motifs is 1. The third-order valence-corrected chi connectivity index (χ3v) is 12.6. The summed E-state index contributed by atoms with van der Waals surface area (Å²) in [4.78, 5) is 46.3. The van der Waals surface area contributed by atoms with Crippen LogP contribution in [0.2, 0.25) is 5.02 Å². The average Bonchev–Trinajstić information content (AvgIpc) is 3.51. The van der Waals surface area contributed by atoms with Gasteiger partial charge in [-0.25, -0.2) is 14.4 Å². The number of carbonyl (C=O) groups is 2. The van der Waals surface area contributed by atoms with Crippen molar-refractivity contribution in [3.05, 3.63) is 76.3 Å². The van der Waals surface area contributed by atoms with Crippen LogP contribution >= 0.6 is 11.6 Å². The Morgan fingerprint density at radius 3 is 2.06 bits per heavy atom.